The lowest BCUT2D eigenvalue weighted by Crippen LogP contribution is -2.11. The Labute approximate surface area is 62.8 Å². The van der Waals surface area contributed by atoms with Gasteiger partial charge in [0.25, 0.3) is 0 Å². The van der Waals surface area contributed by atoms with E-state index in [1.54, 1.807) is 7.05 Å². The Morgan fingerprint density at radius 3 is 2.50 bits per heavy atom. The molecule has 0 aromatic heterocycles. The first-order valence-electron chi connectivity index (χ1n) is 3.57. The summed E-state index contributed by atoms with van der Waals surface area (Å²) in [5, 5.41) is 0. The Bertz CT molecular complexity index is 145. The fourth-order valence-electron chi connectivity index (χ4n) is 0.601. The molecule has 58 valence electrons. The van der Waals surface area contributed by atoms with Crippen molar-refractivity contribution in [3.63, 3.8) is 0 Å². The average Bonchev–Trinajstić information content (AvgIpc) is 1.99. The van der Waals surface area contributed by atoms with Gasteiger partial charge < -0.3 is 5.73 Å². The van der Waals surface area contributed by atoms with Gasteiger partial charge in [0.15, 0.2) is 0 Å². The molecule has 0 aliphatic rings. The van der Waals surface area contributed by atoms with Crippen molar-refractivity contribution in [1.29, 1.82) is 0 Å². The summed E-state index contributed by atoms with van der Waals surface area (Å²) in [7, 11) is 1.77. The van der Waals surface area contributed by atoms with Crippen LogP contribution in [0.5, 0.6) is 0 Å². The van der Waals surface area contributed by atoms with Gasteiger partial charge in [-0.2, -0.15) is 0 Å². The van der Waals surface area contributed by atoms with Gasteiger partial charge in [-0.25, -0.2) is 0 Å². The van der Waals surface area contributed by atoms with Crippen molar-refractivity contribution in [3.8, 4) is 0 Å². The van der Waals surface area contributed by atoms with Crippen molar-refractivity contribution in [1.82, 2.24) is 0 Å². The molecule has 0 atom stereocenters. The van der Waals surface area contributed by atoms with E-state index in [1.165, 1.54) is 5.57 Å². The lowest BCUT2D eigenvalue weighted by Gasteiger charge is -1.96. The van der Waals surface area contributed by atoms with Gasteiger partial charge in [-0.05, 0) is 19.4 Å². The van der Waals surface area contributed by atoms with Gasteiger partial charge in [-0.1, -0.05) is 12.5 Å². The maximum atomic E-state index is 5.41. The minimum absolute atomic E-state index is 0.536. The topological polar surface area (TPSA) is 38.4 Å². The Hall–Kier alpha value is -0.630. The molecule has 0 aliphatic carbocycles. The molecular weight excluding hydrogens is 124 g/mol. The second kappa shape index (κ2) is 5.18. The first-order chi connectivity index (χ1) is 4.74. The van der Waals surface area contributed by atoms with E-state index in [9.17, 15) is 0 Å². The zero-order chi connectivity index (χ0) is 7.98. The van der Waals surface area contributed by atoms with Crippen molar-refractivity contribution in [2.24, 2.45) is 10.7 Å². The van der Waals surface area contributed by atoms with E-state index in [0.717, 1.165) is 12.1 Å². The molecule has 0 aromatic carbocycles. The summed E-state index contributed by atoms with van der Waals surface area (Å²) in [6.07, 6.45) is 3.11. The average molecular weight is 140 g/mol. The molecule has 2 heteroatoms. The first kappa shape index (κ1) is 9.37. The minimum Gasteiger partial charge on any atom is -0.325 e. The van der Waals surface area contributed by atoms with Crippen LogP contribution in [-0.4, -0.2) is 19.3 Å². The summed E-state index contributed by atoms with van der Waals surface area (Å²) in [6, 6.07) is 0. The third kappa shape index (κ3) is 3.41. The minimum atomic E-state index is 0.536. The highest BCUT2D eigenvalue weighted by atomic mass is 14.7. The van der Waals surface area contributed by atoms with Crippen molar-refractivity contribution < 1.29 is 0 Å². The molecule has 0 rings (SSSR count). The van der Waals surface area contributed by atoms with E-state index in [-0.39, 0.29) is 0 Å². The van der Waals surface area contributed by atoms with Crippen LogP contribution in [0.15, 0.2) is 16.6 Å². The lowest BCUT2D eigenvalue weighted by atomic mass is 10.2. The van der Waals surface area contributed by atoms with Gasteiger partial charge in [-0.3, -0.25) is 4.99 Å². The normalized spacial score (nSPS) is 14.0. The van der Waals surface area contributed by atoms with Gasteiger partial charge in [-0.15, -0.1) is 0 Å². The monoisotopic (exact) mass is 140 g/mol. The smallest absolute Gasteiger partial charge is 0.0480 e. The number of nitrogens with zero attached hydrogens (tertiary/aromatic N) is 1. The summed E-state index contributed by atoms with van der Waals surface area (Å²) in [5.74, 6) is 0. The zero-order valence-electron chi connectivity index (χ0n) is 7.02. The second-order valence-corrected chi connectivity index (χ2v) is 2.26. The standard InChI is InChI=1S/C8H16N2/c1-4-7(2)5-8(6-9)10-3/h5H,4,6,9H2,1-3H3/b7-5+,10-8+. The summed E-state index contributed by atoms with van der Waals surface area (Å²) in [5.41, 5.74) is 7.71. The fraction of sp³-hybridized carbons (Fsp3) is 0.625. The van der Waals surface area contributed by atoms with Crippen LogP contribution in [0.3, 0.4) is 0 Å². The summed E-state index contributed by atoms with van der Waals surface area (Å²) < 4.78 is 0. The summed E-state index contributed by atoms with van der Waals surface area (Å²) in [6.45, 7) is 4.74. The Balaban J connectivity index is 4.08. The Morgan fingerprint density at radius 2 is 2.20 bits per heavy atom. The quantitative estimate of drug-likeness (QED) is 0.591. The fourth-order valence-corrected chi connectivity index (χ4v) is 0.601. The van der Waals surface area contributed by atoms with Crippen LogP contribution in [0.2, 0.25) is 0 Å². The van der Waals surface area contributed by atoms with Crippen LogP contribution < -0.4 is 5.73 Å². The third-order valence-corrected chi connectivity index (χ3v) is 1.47. The van der Waals surface area contributed by atoms with Gasteiger partial charge in [0.1, 0.15) is 0 Å². The van der Waals surface area contributed by atoms with Crippen LogP contribution in [-0.2, 0) is 0 Å². The predicted octanol–water partition coefficient (Wildman–Crippen LogP) is 1.37. The molecule has 0 bridgehead atoms. The van der Waals surface area contributed by atoms with Crippen molar-refractivity contribution in [3.05, 3.63) is 11.6 Å². The number of nitrogens with two attached hydrogens (primary N) is 1. The van der Waals surface area contributed by atoms with Crippen LogP contribution >= 0.6 is 0 Å². The molecule has 2 N–H and O–H groups in total. The largest absolute Gasteiger partial charge is 0.325 e. The molecule has 0 amide bonds. The van der Waals surface area contributed by atoms with E-state index in [1.807, 2.05) is 6.08 Å². The van der Waals surface area contributed by atoms with Crippen LogP contribution in [0.1, 0.15) is 20.3 Å². The highest BCUT2D eigenvalue weighted by Crippen LogP contribution is 1.97. The van der Waals surface area contributed by atoms with E-state index in [2.05, 4.69) is 18.8 Å². The molecule has 0 radical (unpaired) electrons. The van der Waals surface area contributed by atoms with Gasteiger partial charge in [0, 0.05) is 19.3 Å². The number of allylic oxidation sites excluding steroid dienone is 1. The Morgan fingerprint density at radius 1 is 1.60 bits per heavy atom. The molecular formula is C8H16N2. The number of hydrogen-bond donors (Lipinski definition) is 1. The van der Waals surface area contributed by atoms with E-state index >= 15 is 0 Å². The predicted molar refractivity (Wildman–Crippen MR) is 46.5 cm³/mol. The summed E-state index contributed by atoms with van der Waals surface area (Å²) >= 11 is 0. The van der Waals surface area contributed by atoms with Crippen molar-refractivity contribution in [2.75, 3.05) is 13.6 Å². The molecule has 0 heterocycles. The van der Waals surface area contributed by atoms with E-state index in [4.69, 9.17) is 5.73 Å². The molecule has 0 saturated carbocycles. The van der Waals surface area contributed by atoms with Crippen LogP contribution in [0, 0.1) is 0 Å². The maximum Gasteiger partial charge on any atom is 0.0480 e. The summed E-state index contributed by atoms with van der Waals surface area (Å²) in [4.78, 5) is 4.01. The highest BCUT2D eigenvalue weighted by molar-refractivity contribution is 5.96. The SMILES string of the molecule is CC/C(C)=C/C(CN)=N\C. The number of aliphatic imine (C=N–C) groups is 1. The molecule has 0 unspecified atom stereocenters. The van der Waals surface area contributed by atoms with Crippen LogP contribution in [0.4, 0.5) is 0 Å². The van der Waals surface area contributed by atoms with E-state index in [0.29, 0.717) is 6.54 Å². The molecule has 2 nitrogen and oxygen atoms in total. The molecule has 10 heavy (non-hydrogen) atoms. The lowest BCUT2D eigenvalue weighted by molar-refractivity contribution is 1.10. The van der Waals surface area contributed by atoms with Crippen molar-refractivity contribution >= 4 is 5.71 Å². The maximum absolute atomic E-state index is 5.41. The molecule has 0 aromatic rings. The van der Waals surface area contributed by atoms with Gasteiger partial charge >= 0.3 is 0 Å². The Kier molecular flexibility index (Phi) is 4.85. The first-order valence-corrected chi connectivity index (χ1v) is 3.57. The van der Waals surface area contributed by atoms with Gasteiger partial charge in [0.05, 0.1) is 0 Å². The van der Waals surface area contributed by atoms with Gasteiger partial charge in [0.2, 0.25) is 0 Å². The van der Waals surface area contributed by atoms with E-state index < -0.39 is 0 Å². The molecule has 0 saturated heterocycles. The van der Waals surface area contributed by atoms with Crippen molar-refractivity contribution in [2.45, 2.75) is 20.3 Å². The molecule has 0 spiro atoms. The molecule has 0 fully saturated rings. The zero-order valence-corrected chi connectivity index (χ0v) is 7.02. The van der Waals surface area contributed by atoms with Crippen LogP contribution in [0.25, 0.3) is 0 Å². The third-order valence-electron chi connectivity index (χ3n) is 1.47. The second-order valence-electron chi connectivity index (χ2n) is 2.26. The highest BCUT2D eigenvalue weighted by Gasteiger charge is 1.89. The molecule has 0 aliphatic heterocycles. The number of hydrogen-bond acceptors (Lipinski definition) is 2. The number of rotatable bonds is 3.